The van der Waals surface area contributed by atoms with Crippen molar-refractivity contribution in [2.75, 3.05) is 44.8 Å². The van der Waals surface area contributed by atoms with Crippen molar-refractivity contribution in [3.63, 3.8) is 0 Å². The highest BCUT2D eigenvalue weighted by Gasteiger charge is 2.46. The van der Waals surface area contributed by atoms with Gasteiger partial charge in [-0.3, -0.25) is 9.59 Å². The van der Waals surface area contributed by atoms with Crippen molar-refractivity contribution in [1.29, 1.82) is 0 Å². The van der Waals surface area contributed by atoms with Crippen LogP contribution in [0.5, 0.6) is 0 Å². The molecule has 2 fully saturated rings. The van der Waals surface area contributed by atoms with E-state index in [-0.39, 0.29) is 57.3 Å². The maximum absolute atomic E-state index is 14.2. The molecule has 2 aromatic carbocycles. The number of carbonyl (C=O) groups is 2. The lowest BCUT2D eigenvalue weighted by atomic mass is 9.89. The maximum atomic E-state index is 14.2. The monoisotopic (exact) mass is 603 g/mol. The number of nitrogens with two attached hydrogens (primary N) is 1. The predicted molar refractivity (Wildman–Crippen MR) is 139 cm³/mol. The van der Waals surface area contributed by atoms with E-state index < -0.39 is 51.3 Å². The molecule has 2 aromatic rings. The molecule has 2 saturated heterocycles. The standard InChI is InChI=1S/C27H27F6N3O4S/c28-26(29,30)22-17(5-7-21(37)36-10-14-40-15-11-36)4-6-20(23(22)27(31,32)33)41-19-3-1-2-18(16-19)35-25(24(34)38)8-12-39-13-9-25/h1-7,16,35H,8-15H2,(H2,34,38). The molecule has 2 aliphatic rings. The summed E-state index contributed by atoms with van der Waals surface area (Å²) in [6.45, 7) is 1.51. The molecule has 0 bridgehead atoms. The second-order valence-corrected chi connectivity index (χ2v) is 10.6. The average molecular weight is 604 g/mol. The molecule has 14 heteroatoms. The van der Waals surface area contributed by atoms with Gasteiger partial charge in [0.2, 0.25) is 11.8 Å². The van der Waals surface area contributed by atoms with Gasteiger partial charge in [-0.05, 0) is 35.9 Å². The van der Waals surface area contributed by atoms with E-state index in [1.807, 2.05) is 0 Å². The maximum Gasteiger partial charge on any atom is 0.418 e. The summed E-state index contributed by atoms with van der Waals surface area (Å²) in [5.41, 5.74) is 0.319. The number of carbonyl (C=O) groups excluding carboxylic acids is 2. The van der Waals surface area contributed by atoms with Crippen molar-refractivity contribution in [3.8, 4) is 0 Å². The fourth-order valence-electron chi connectivity index (χ4n) is 4.65. The minimum Gasteiger partial charge on any atom is -0.381 e. The van der Waals surface area contributed by atoms with Crippen molar-refractivity contribution in [2.24, 2.45) is 5.73 Å². The van der Waals surface area contributed by atoms with Gasteiger partial charge < -0.3 is 25.4 Å². The van der Waals surface area contributed by atoms with Gasteiger partial charge in [0.25, 0.3) is 0 Å². The van der Waals surface area contributed by atoms with Gasteiger partial charge in [0.05, 0.1) is 24.3 Å². The van der Waals surface area contributed by atoms with Crippen LogP contribution in [-0.2, 0) is 31.4 Å². The zero-order valence-electron chi connectivity index (χ0n) is 21.6. The van der Waals surface area contributed by atoms with E-state index in [9.17, 15) is 35.9 Å². The Labute approximate surface area is 236 Å². The first kappa shape index (κ1) is 30.7. The number of nitrogens with zero attached hydrogens (tertiary/aromatic N) is 1. The van der Waals surface area contributed by atoms with Crippen molar-refractivity contribution in [1.82, 2.24) is 4.90 Å². The molecule has 41 heavy (non-hydrogen) atoms. The summed E-state index contributed by atoms with van der Waals surface area (Å²) in [4.78, 5) is 25.5. The molecule has 3 N–H and O–H groups in total. The van der Waals surface area contributed by atoms with E-state index in [2.05, 4.69) is 5.32 Å². The summed E-state index contributed by atoms with van der Waals surface area (Å²) in [6.07, 6.45) is -8.59. The number of hydrogen-bond acceptors (Lipinski definition) is 6. The number of morpholine rings is 1. The molecule has 7 nitrogen and oxygen atoms in total. The number of amides is 2. The summed E-state index contributed by atoms with van der Waals surface area (Å²) in [5, 5.41) is 3.04. The summed E-state index contributed by atoms with van der Waals surface area (Å²) >= 11 is 0.497. The minimum atomic E-state index is -5.37. The zero-order chi connectivity index (χ0) is 29.8. The van der Waals surface area contributed by atoms with Gasteiger partial charge in [-0.1, -0.05) is 23.9 Å². The van der Waals surface area contributed by atoms with Gasteiger partial charge in [-0.15, -0.1) is 0 Å². The van der Waals surface area contributed by atoms with Crippen LogP contribution in [0.2, 0.25) is 0 Å². The fourth-order valence-corrected chi connectivity index (χ4v) is 5.70. The number of ether oxygens (including phenoxy) is 2. The Morgan fingerprint density at radius 2 is 1.56 bits per heavy atom. The topological polar surface area (TPSA) is 93.9 Å². The molecular weight excluding hydrogens is 576 g/mol. The van der Waals surface area contributed by atoms with Crippen LogP contribution in [0, 0.1) is 0 Å². The first-order valence-corrected chi connectivity index (χ1v) is 13.4. The molecule has 0 aromatic heterocycles. The normalized spacial score (nSPS) is 18.0. The summed E-state index contributed by atoms with van der Waals surface area (Å²) in [6, 6.07) is 7.83. The van der Waals surface area contributed by atoms with E-state index >= 15 is 0 Å². The Morgan fingerprint density at radius 3 is 2.17 bits per heavy atom. The number of nitrogens with one attached hydrogen (secondary N) is 1. The van der Waals surface area contributed by atoms with Crippen LogP contribution in [0.25, 0.3) is 6.08 Å². The van der Waals surface area contributed by atoms with E-state index in [1.54, 1.807) is 6.07 Å². The van der Waals surface area contributed by atoms with Gasteiger partial charge in [0, 0.05) is 60.7 Å². The third-order valence-corrected chi connectivity index (χ3v) is 7.81. The molecule has 0 radical (unpaired) electrons. The van der Waals surface area contributed by atoms with E-state index in [1.165, 1.54) is 23.1 Å². The average Bonchev–Trinajstić information content (AvgIpc) is 2.92. The third kappa shape index (κ3) is 7.35. The van der Waals surface area contributed by atoms with E-state index in [0.717, 1.165) is 24.3 Å². The number of anilines is 1. The third-order valence-electron chi connectivity index (χ3n) is 6.76. The summed E-state index contributed by atoms with van der Waals surface area (Å²) < 4.78 is 95.6. The number of hydrogen-bond donors (Lipinski definition) is 2. The second kappa shape index (κ2) is 12.3. The molecule has 0 spiro atoms. The molecule has 2 aliphatic heterocycles. The molecule has 0 aliphatic carbocycles. The molecule has 0 saturated carbocycles. The Hall–Kier alpha value is -3.23. The fraction of sp³-hybridized carbons (Fsp3) is 0.407. The smallest absolute Gasteiger partial charge is 0.381 e. The molecule has 4 rings (SSSR count). The summed E-state index contributed by atoms with van der Waals surface area (Å²) in [7, 11) is 0. The Kier molecular flexibility index (Phi) is 9.24. The van der Waals surface area contributed by atoms with Gasteiger partial charge in [-0.2, -0.15) is 26.3 Å². The van der Waals surface area contributed by atoms with Crippen LogP contribution >= 0.6 is 11.8 Å². The number of rotatable bonds is 7. The molecule has 0 unspecified atom stereocenters. The van der Waals surface area contributed by atoms with Gasteiger partial charge in [0.1, 0.15) is 5.54 Å². The molecule has 2 amide bonds. The number of alkyl halides is 6. The Balaban J connectivity index is 1.68. The first-order valence-electron chi connectivity index (χ1n) is 12.6. The number of benzene rings is 2. The quantitative estimate of drug-likeness (QED) is 0.334. The number of primary amides is 1. The van der Waals surface area contributed by atoms with Crippen LogP contribution in [0.3, 0.4) is 0 Å². The van der Waals surface area contributed by atoms with Crippen LogP contribution in [0.1, 0.15) is 29.5 Å². The highest BCUT2D eigenvalue weighted by molar-refractivity contribution is 7.99. The van der Waals surface area contributed by atoms with Crippen molar-refractivity contribution < 1.29 is 45.4 Å². The van der Waals surface area contributed by atoms with Crippen molar-refractivity contribution in [2.45, 2.75) is 40.5 Å². The van der Waals surface area contributed by atoms with Gasteiger partial charge in [-0.25, -0.2) is 0 Å². The SMILES string of the molecule is NC(=O)C1(Nc2cccc(Sc3ccc(C=CC(=O)N4CCOCC4)c(C(F)(F)F)c3C(F)(F)F)c2)CCOCC1. The van der Waals surface area contributed by atoms with Crippen LogP contribution in [-0.4, -0.2) is 61.8 Å². The molecule has 222 valence electrons. The lowest BCUT2D eigenvalue weighted by Gasteiger charge is -2.36. The van der Waals surface area contributed by atoms with Gasteiger partial charge in [0.15, 0.2) is 0 Å². The van der Waals surface area contributed by atoms with E-state index in [4.69, 9.17) is 15.2 Å². The molecular formula is C27H27F6N3O4S. The highest BCUT2D eigenvalue weighted by atomic mass is 32.2. The van der Waals surface area contributed by atoms with Gasteiger partial charge >= 0.3 is 12.4 Å². The largest absolute Gasteiger partial charge is 0.418 e. The van der Waals surface area contributed by atoms with Crippen LogP contribution in [0.4, 0.5) is 32.0 Å². The minimum absolute atomic E-state index is 0.200. The lowest BCUT2D eigenvalue weighted by molar-refractivity contribution is -0.163. The highest BCUT2D eigenvalue weighted by Crippen LogP contribution is 2.48. The van der Waals surface area contributed by atoms with Crippen molar-refractivity contribution in [3.05, 3.63) is 59.2 Å². The second-order valence-electron chi connectivity index (χ2n) is 9.48. The lowest BCUT2D eigenvalue weighted by Crippen LogP contribution is -2.53. The van der Waals surface area contributed by atoms with Crippen LogP contribution < -0.4 is 11.1 Å². The predicted octanol–water partition coefficient (Wildman–Crippen LogP) is 5.19. The number of halogens is 6. The first-order chi connectivity index (χ1) is 19.3. The molecule has 0 atom stereocenters. The zero-order valence-corrected chi connectivity index (χ0v) is 22.4. The Morgan fingerprint density at radius 1 is 0.927 bits per heavy atom. The van der Waals surface area contributed by atoms with Crippen molar-refractivity contribution >= 4 is 35.3 Å². The molecule has 2 heterocycles. The summed E-state index contributed by atoms with van der Waals surface area (Å²) in [5.74, 6) is -1.25. The van der Waals surface area contributed by atoms with Crippen LogP contribution in [0.15, 0.2) is 52.3 Å². The Bertz CT molecular complexity index is 1300. The van der Waals surface area contributed by atoms with E-state index in [0.29, 0.717) is 17.4 Å².